The largest absolute Gasteiger partial charge is 0.485 e. The molecule has 8 rings (SSSR count). The molecule has 1 aromatic heterocycles. The summed E-state index contributed by atoms with van der Waals surface area (Å²) in [6, 6.07) is 16.5. The van der Waals surface area contributed by atoms with Gasteiger partial charge in [-0.2, -0.15) is 0 Å². The zero-order valence-electron chi connectivity index (χ0n) is 23.7. The maximum atomic E-state index is 14.8. The van der Waals surface area contributed by atoms with Crippen molar-refractivity contribution in [3.8, 4) is 11.5 Å². The van der Waals surface area contributed by atoms with Crippen molar-refractivity contribution in [1.82, 2.24) is 14.5 Å². The van der Waals surface area contributed by atoms with Crippen molar-refractivity contribution in [2.75, 3.05) is 26.9 Å². The second kappa shape index (κ2) is 10.5. The molecule has 5 atom stereocenters. The quantitative estimate of drug-likeness (QED) is 0.256. The first-order valence-electron chi connectivity index (χ1n) is 14.8. The molecule has 10 heteroatoms. The number of para-hydroxylation sites is 1. The average Bonchev–Trinajstić information content (AvgIpc) is 3.36. The standard InChI is InChI=1S/C33H31ClFN3O5/c1-40-33(39)19-5-8-24-25(14-19)38-30(36-24)16-37-11-9-18(13-26(37)31(38)27-10-12-41-27)21-3-2-4-28-32(21)43-29(17-42-28)22-7-6-20(34)15-23(22)35/h2-8,14-15,18,26-27,29,31H,9-13,16-17H2,1H3/t18?,26?,27?,29-,31?/m0/s1. The Balaban J connectivity index is 1.14. The summed E-state index contributed by atoms with van der Waals surface area (Å²) < 4.78 is 40.9. The maximum Gasteiger partial charge on any atom is 0.337 e. The van der Waals surface area contributed by atoms with Gasteiger partial charge in [-0.25, -0.2) is 14.2 Å². The number of methoxy groups -OCH3 is 1. The Hall–Kier alpha value is -3.66. The van der Waals surface area contributed by atoms with Gasteiger partial charge in [0.1, 0.15) is 18.2 Å². The van der Waals surface area contributed by atoms with Crippen LogP contribution in [0.5, 0.6) is 11.5 Å². The minimum absolute atomic E-state index is 0.0471. The van der Waals surface area contributed by atoms with Crippen LogP contribution in [0.2, 0.25) is 5.02 Å². The predicted molar refractivity (Wildman–Crippen MR) is 157 cm³/mol. The molecule has 4 unspecified atom stereocenters. The van der Waals surface area contributed by atoms with Gasteiger partial charge in [0.05, 0.1) is 42.4 Å². The third kappa shape index (κ3) is 4.48. The first-order valence-corrected chi connectivity index (χ1v) is 15.2. The summed E-state index contributed by atoms with van der Waals surface area (Å²) in [5.74, 6) is 1.81. The molecule has 0 spiro atoms. The lowest BCUT2D eigenvalue weighted by Crippen LogP contribution is -2.55. The normalized spacial score (nSPS) is 26.3. The predicted octanol–water partition coefficient (Wildman–Crippen LogP) is 6.22. The van der Waals surface area contributed by atoms with Crippen LogP contribution in [0.4, 0.5) is 4.39 Å². The van der Waals surface area contributed by atoms with Gasteiger partial charge in [0.2, 0.25) is 0 Å². The molecule has 2 saturated heterocycles. The Kier molecular flexibility index (Phi) is 6.58. The number of hydrogen-bond acceptors (Lipinski definition) is 7. The van der Waals surface area contributed by atoms with Crippen LogP contribution in [-0.2, 0) is 16.0 Å². The fourth-order valence-electron chi connectivity index (χ4n) is 7.35. The van der Waals surface area contributed by atoms with Gasteiger partial charge in [-0.1, -0.05) is 29.8 Å². The van der Waals surface area contributed by atoms with Crippen LogP contribution in [0.25, 0.3) is 11.0 Å². The molecule has 222 valence electrons. The second-order valence-corrected chi connectivity index (χ2v) is 12.2. The van der Waals surface area contributed by atoms with Crippen molar-refractivity contribution in [2.45, 2.75) is 56.0 Å². The van der Waals surface area contributed by atoms with E-state index in [1.54, 1.807) is 18.2 Å². The topological polar surface area (TPSA) is 75.0 Å². The van der Waals surface area contributed by atoms with Gasteiger partial charge < -0.3 is 23.5 Å². The zero-order chi connectivity index (χ0) is 29.2. The Morgan fingerprint density at radius 2 is 2.00 bits per heavy atom. The SMILES string of the molecule is COC(=O)c1ccc2nc3n(c2c1)C(C1CCO1)C1CC(c2cccc4c2O[C@H](c2ccc(Cl)cc2F)CO4)CCN1C3. The summed E-state index contributed by atoms with van der Waals surface area (Å²) >= 11 is 6.00. The number of aromatic nitrogens is 2. The molecular formula is C33H31ClFN3O5. The van der Waals surface area contributed by atoms with Crippen molar-refractivity contribution in [3.05, 3.63) is 88.0 Å². The van der Waals surface area contributed by atoms with E-state index >= 15 is 0 Å². The van der Waals surface area contributed by atoms with E-state index in [1.807, 2.05) is 24.3 Å². The molecule has 0 N–H and O–H groups in total. The number of carbonyl (C=O) groups excluding carboxylic acids is 1. The fraction of sp³-hybridized carbons (Fsp3) is 0.394. The highest BCUT2D eigenvalue weighted by Crippen LogP contribution is 2.49. The van der Waals surface area contributed by atoms with Gasteiger partial charge >= 0.3 is 5.97 Å². The van der Waals surface area contributed by atoms with E-state index in [2.05, 4.69) is 15.5 Å². The molecule has 0 radical (unpaired) electrons. The van der Waals surface area contributed by atoms with Crippen molar-refractivity contribution < 1.29 is 28.1 Å². The summed E-state index contributed by atoms with van der Waals surface area (Å²) in [5, 5.41) is 0.346. The van der Waals surface area contributed by atoms with Gasteiger partial charge in [0.15, 0.2) is 17.6 Å². The Bertz CT molecular complexity index is 1740. The van der Waals surface area contributed by atoms with E-state index in [-0.39, 0.29) is 36.7 Å². The highest BCUT2D eigenvalue weighted by atomic mass is 35.5. The number of fused-ring (bicyclic) bond motifs is 5. The van der Waals surface area contributed by atoms with Gasteiger partial charge in [-0.3, -0.25) is 4.90 Å². The number of esters is 1. The summed E-state index contributed by atoms with van der Waals surface area (Å²) in [6.07, 6.45) is 2.30. The van der Waals surface area contributed by atoms with Crippen LogP contribution in [0.3, 0.4) is 0 Å². The third-order valence-corrected chi connectivity index (χ3v) is 9.74. The van der Waals surface area contributed by atoms with Crippen LogP contribution in [-0.4, -0.2) is 59.4 Å². The number of rotatable bonds is 4. The number of carbonyl (C=O) groups is 1. The first-order chi connectivity index (χ1) is 21.0. The number of hydrogen-bond donors (Lipinski definition) is 0. The van der Waals surface area contributed by atoms with Crippen LogP contribution in [0.15, 0.2) is 54.6 Å². The molecule has 0 aliphatic carbocycles. The molecule has 43 heavy (non-hydrogen) atoms. The molecule has 4 aromatic rings. The number of halogens is 2. The summed E-state index contributed by atoms with van der Waals surface area (Å²) in [7, 11) is 1.40. The van der Waals surface area contributed by atoms with Crippen molar-refractivity contribution in [1.29, 1.82) is 0 Å². The molecule has 2 fully saturated rings. The molecule has 0 amide bonds. The van der Waals surface area contributed by atoms with Crippen LogP contribution in [0.1, 0.15) is 64.6 Å². The number of nitrogens with zero attached hydrogens (tertiary/aromatic N) is 3. The number of imidazole rings is 1. The van der Waals surface area contributed by atoms with E-state index in [0.717, 1.165) is 61.4 Å². The Morgan fingerprint density at radius 1 is 1.12 bits per heavy atom. The summed E-state index contributed by atoms with van der Waals surface area (Å²) in [5.41, 5.74) is 3.82. The van der Waals surface area contributed by atoms with Crippen molar-refractivity contribution >= 4 is 28.6 Å². The molecule has 3 aromatic carbocycles. The van der Waals surface area contributed by atoms with E-state index in [0.29, 0.717) is 27.6 Å². The van der Waals surface area contributed by atoms with E-state index in [4.69, 9.17) is 35.5 Å². The minimum atomic E-state index is -0.569. The Labute approximate surface area is 253 Å². The lowest BCUT2D eigenvalue weighted by atomic mass is 9.79. The lowest BCUT2D eigenvalue weighted by Gasteiger charge is -2.51. The second-order valence-electron chi connectivity index (χ2n) is 11.8. The third-order valence-electron chi connectivity index (χ3n) is 9.50. The zero-order valence-corrected chi connectivity index (χ0v) is 24.4. The van der Waals surface area contributed by atoms with Gasteiger partial charge in [-0.15, -0.1) is 0 Å². The first kappa shape index (κ1) is 26.9. The molecule has 0 bridgehead atoms. The Morgan fingerprint density at radius 3 is 2.79 bits per heavy atom. The maximum absolute atomic E-state index is 14.8. The average molecular weight is 604 g/mol. The fourth-order valence-corrected chi connectivity index (χ4v) is 7.51. The van der Waals surface area contributed by atoms with Crippen LogP contribution >= 0.6 is 11.6 Å². The van der Waals surface area contributed by atoms with Gasteiger partial charge in [0, 0.05) is 28.8 Å². The molecular weight excluding hydrogens is 573 g/mol. The monoisotopic (exact) mass is 603 g/mol. The molecule has 5 heterocycles. The smallest absolute Gasteiger partial charge is 0.337 e. The molecule has 4 aliphatic rings. The molecule has 0 saturated carbocycles. The van der Waals surface area contributed by atoms with E-state index in [9.17, 15) is 9.18 Å². The number of benzene rings is 3. The molecule has 8 nitrogen and oxygen atoms in total. The summed E-state index contributed by atoms with van der Waals surface area (Å²) in [4.78, 5) is 19.9. The lowest BCUT2D eigenvalue weighted by molar-refractivity contribution is -0.112. The van der Waals surface area contributed by atoms with Crippen molar-refractivity contribution in [2.24, 2.45) is 0 Å². The number of piperidine rings is 1. The highest BCUT2D eigenvalue weighted by molar-refractivity contribution is 6.30. The van der Waals surface area contributed by atoms with Gasteiger partial charge in [-0.05, 0) is 68.1 Å². The van der Waals surface area contributed by atoms with Crippen molar-refractivity contribution in [3.63, 3.8) is 0 Å². The van der Waals surface area contributed by atoms with Crippen LogP contribution < -0.4 is 9.47 Å². The van der Waals surface area contributed by atoms with Crippen LogP contribution in [0, 0.1) is 5.82 Å². The van der Waals surface area contributed by atoms with Gasteiger partial charge in [0.25, 0.3) is 0 Å². The van der Waals surface area contributed by atoms with E-state index < -0.39 is 11.9 Å². The summed E-state index contributed by atoms with van der Waals surface area (Å²) in [6.45, 7) is 2.59. The molecule has 4 aliphatic heterocycles. The minimum Gasteiger partial charge on any atom is -0.485 e. The van der Waals surface area contributed by atoms with E-state index in [1.165, 1.54) is 13.2 Å². The highest BCUT2D eigenvalue weighted by Gasteiger charge is 2.47. The number of ether oxygens (including phenoxy) is 4.